The minimum atomic E-state index is 0.723. The van der Waals surface area contributed by atoms with E-state index in [1.165, 1.54) is 5.56 Å². The Morgan fingerprint density at radius 2 is 2.29 bits per heavy atom. The molecule has 0 fully saturated rings. The molecule has 0 atom stereocenters. The fraction of sp³-hybridized carbons (Fsp3) is 0.100. The number of hydrogen-bond donors (Lipinski definition) is 1. The van der Waals surface area contributed by atoms with Gasteiger partial charge in [0.05, 0.1) is 15.8 Å². The van der Waals surface area contributed by atoms with E-state index in [1.54, 1.807) is 11.3 Å². The molecule has 1 heterocycles. The maximum Gasteiger partial charge on any atom is 0.0998 e. The molecule has 0 spiro atoms. The summed E-state index contributed by atoms with van der Waals surface area (Å²) >= 11 is 9.36. The van der Waals surface area contributed by atoms with Crippen molar-refractivity contribution >= 4 is 50.0 Å². The molecule has 0 saturated carbocycles. The van der Waals surface area contributed by atoms with Crippen LogP contribution in [0.1, 0.15) is 11.1 Å². The number of nitrogens with zero attached hydrogens (tertiary/aromatic N) is 1. The molecule has 0 bridgehead atoms. The number of benzene rings is 1. The van der Waals surface area contributed by atoms with E-state index in [-0.39, 0.29) is 0 Å². The number of thiophene rings is 1. The lowest BCUT2D eigenvalue weighted by Crippen LogP contribution is -1.80. The third-order valence-corrected chi connectivity index (χ3v) is 4.04. The third-order valence-electron chi connectivity index (χ3n) is 2.02. The van der Waals surface area contributed by atoms with E-state index in [1.807, 2.05) is 18.2 Å². The van der Waals surface area contributed by atoms with Gasteiger partial charge < -0.3 is 0 Å². The number of nitriles is 1. The Bertz CT molecular complexity index is 525. The quantitative estimate of drug-likeness (QED) is 0.622. The Labute approximate surface area is 99.9 Å². The topological polar surface area (TPSA) is 23.8 Å². The lowest BCUT2D eigenvalue weighted by atomic mass is 10.1. The van der Waals surface area contributed by atoms with Gasteiger partial charge in [0.15, 0.2) is 0 Å². The van der Waals surface area contributed by atoms with E-state index in [9.17, 15) is 0 Å². The van der Waals surface area contributed by atoms with Crippen molar-refractivity contribution < 1.29 is 0 Å². The van der Waals surface area contributed by atoms with E-state index < -0.39 is 0 Å². The van der Waals surface area contributed by atoms with E-state index in [2.05, 4.69) is 34.6 Å². The molecule has 1 nitrogen and oxygen atoms in total. The van der Waals surface area contributed by atoms with E-state index in [4.69, 9.17) is 5.26 Å². The van der Waals surface area contributed by atoms with Crippen LogP contribution in [0.25, 0.3) is 10.1 Å². The first-order valence-electron chi connectivity index (χ1n) is 3.96. The zero-order valence-electron chi connectivity index (χ0n) is 7.12. The molecule has 14 heavy (non-hydrogen) atoms. The van der Waals surface area contributed by atoms with Gasteiger partial charge in [-0.25, -0.2) is 0 Å². The molecule has 0 radical (unpaired) electrons. The highest BCUT2D eigenvalue weighted by molar-refractivity contribution is 9.08. The van der Waals surface area contributed by atoms with Crippen LogP contribution in [-0.2, 0) is 5.33 Å². The first kappa shape index (κ1) is 10.0. The number of hydrogen-bond acceptors (Lipinski definition) is 3. The van der Waals surface area contributed by atoms with E-state index in [0.29, 0.717) is 0 Å². The second kappa shape index (κ2) is 3.93. The summed E-state index contributed by atoms with van der Waals surface area (Å²) in [6.45, 7) is 0. The maximum atomic E-state index is 8.93. The largest absolute Gasteiger partial charge is 0.192 e. The zero-order chi connectivity index (χ0) is 10.1. The first-order valence-corrected chi connectivity index (χ1v) is 6.35. The van der Waals surface area contributed by atoms with Crippen LogP contribution in [-0.4, -0.2) is 0 Å². The van der Waals surface area contributed by atoms with Gasteiger partial charge in [0.1, 0.15) is 0 Å². The monoisotopic (exact) mass is 283 g/mol. The minimum Gasteiger partial charge on any atom is -0.192 e. The summed E-state index contributed by atoms with van der Waals surface area (Å²) in [4.78, 5) is 0. The smallest absolute Gasteiger partial charge is 0.0998 e. The molecule has 0 N–H and O–H groups in total. The van der Waals surface area contributed by atoms with Crippen LogP contribution >= 0.6 is 39.9 Å². The van der Waals surface area contributed by atoms with Crippen LogP contribution in [0.3, 0.4) is 0 Å². The van der Waals surface area contributed by atoms with Crippen LogP contribution in [0.5, 0.6) is 0 Å². The van der Waals surface area contributed by atoms with Gasteiger partial charge in [0, 0.05) is 15.4 Å². The molecule has 1 aromatic carbocycles. The Balaban J connectivity index is 2.86. The molecule has 0 aliphatic rings. The van der Waals surface area contributed by atoms with E-state index in [0.717, 1.165) is 25.2 Å². The van der Waals surface area contributed by atoms with Crippen molar-refractivity contribution in [3.05, 3.63) is 29.3 Å². The summed E-state index contributed by atoms with van der Waals surface area (Å²) < 4.78 is 2.11. The normalized spacial score (nSPS) is 10.4. The average molecular weight is 284 g/mol. The molecule has 2 aromatic rings. The van der Waals surface area contributed by atoms with Gasteiger partial charge in [-0.15, -0.1) is 24.0 Å². The van der Waals surface area contributed by atoms with Crippen molar-refractivity contribution in [1.29, 1.82) is 5.26 Å². The average Bonchev–Trinajstić information content (AvgIpc) is 2.57. The minimum absolute atomic E-state index is 0.723. The van der Waals surface area contributed by atoms with Crippen molar-refractivity contribution in [3.63, 3.8) is 0 Å². The van der Waals surface area contributed by atoms with Crippen LogP contribution in [0.4, 0.5) is 0 Å². The predicted molar refractivity (Wildman–Crippen MR) is 66.4 cm³/mol. The van der Waals surface area contributed by atoms with Crippen molar-refractivity contribution in [3.8, 4) is 6.07 Å². The zero-order valence-corrected chi connectivity index (χ0v) is 10.4. The highest BCUT2D eigenvalue weighted by Gasteiger charge is 2.08. The van der Waals surface area contributed by atoms with Crippen LogP contribution < -0.4 is 0 Å². The number of rotatable bonds is 1. The standard InChI is InChI=1S/C10H6BrNS2/c11-4-6-1-2-7(5-12)8-3-9(13)14-10(6)8/h1-3,13H,4H2. The Morgan fingerprint density at radius 1 is 1.50 bits per heavy atom. The molecule has 4 heteroatoms. The summed E-state index contributed by atoms with van der Waals surface area (Å²) in [5.41, 5.74) is 1.94. The SMILES string of the molecule is N#Cc1ccc(CBr)c2sc(S)cc12. The second-order valence-electron chi connectivity index (χ2n) is 2.85. The summed E-state index contributed by atoms with van der Waals surface area (Å²) in [5, 5.41) is 10.7. The van der Waals surface area contributed by atoms with Gasteiger partial charge in [0.25, 0.3) is 0 Å². The highest BCUT2D eigenvalue weighted by atomic mass is 79.9. The number of halogens is 1. The first-order chi connectivity index (χ1) is 6.76. The molecule has 0 aliphatic carbocycles. The fourth-order valence-electron chi connectivity index (χ4n) is 1.37. The van der Waals surface area contributed by atoms with Gasteiger partial charge in [-0.05, 0) is 17.7 Å². The lowest BCUT2D eigenvalue weighted by molar-refractivity contribution is 1.47. The number of alkyl halides is 1. The second-order valence-corrected chi connectivity index (χ2v) is 5.24. The molecule has 70 valence electrons. The number of thiol groups is 1. The maximum absolute atomic E-state index is 8.93. The summed E-state index contributed by atoms with van der Waals surface area (Å²) in [6.07, 6.45) is 0. The molecular formula is C10H6BrNS2. The van der Waals surface area contributed by atoms with Crippen LogP contribution in [0.15, 0.2) is 22.4 Å². The van der Waals surface area contributed by atoms with Crippen LogP contribution in [0, 0.1) is 11.3 Å². The van der Waals surface area contributed by atoms with Crippen molar-refractivity contribution in [2.75, 3.05) is 0 Å². The predicted octanol–water partition coefficient (Wildman–Crippen LogP) is 3.96. The fourth-order valence-corrected chi connectivity index (χ4v) is 3.36. The van der Waals surface area contributed by atoms with E-state index >= 15 is 0 Å². The van der Waals surface area contributed by atoms with Gasteiger partial charge in [0.2, 0.25) is 0 Å². The van der Waals surface area contributed by atoms with Crippen molar-refractivity contribution in [2.24, 2.45) is 0 Å². The third kappa shape index (κ3) is 1.56. The summed E-state index contributed by atoms with van der Waals surface area (Å²) in [5.74, 6) is 0. The van der Waals surface area contributed by atoms with Gasteiger partial charge in [-0.1, -0.05) is 22.0 Å². The molecule has 1 aromatic heterocycles. The number of fused-ring (bicyclic) bond motifs is 1. The molecule has 0 unspecified atom stereocenters. The molecule has 0 amide bonds. The molecule has 0 saturated heterocycles. The molecular weight excluding hydrogens is 278 g/mol. The lowest BCUT2D eigenvalue weighted by Gasteiger charge is -1.98. The van der Waals surface area contributed by atoms with Gasteiger partial charge in [-0.2, -0.15) is 5.26 Å². The summed E-state index contributed by atoms with van der Waals surface area (Å²) in [6, 6.07) is 7.99. The van der Waals surface area contributed by atoms with Gasteiger partial charge >= 0.3 is 0 Å². The Hall–Kier alpha value is -0.500. The van der Waals surface area contributed by atoms with Crippen LogP contribution in [0.2, 0.25) is 0 Å². The highest BCUT2D eigenvalue weighted by Crippen LogP contribution is 2.33. The molecule has 2 rings (SSSR count). The van der Waals surface area contributed by atoms with Gasteiger partial charge in [-0.3, -0.25) is 0 Å². The summed E-state index contributed by atoms with van der Waals surface area (Å²) in [7, 11) is 0. The van der Waals surface area contributed by atoms with Crippen molar-refractivity contribution in [1.82, 2.24) is 0 Å². The molecule has 0 aliphatic heterocycles. The Morgan fingerprint density at radius 3 is 2.93 bits per heavy atom. The Kier molecular flexibility index (Phi) is 2.82. The van der Waals surface area contributed by atoms with Crippen molar-refractivity contribution in [2.45, 2.75) is 9.54 Å².